The number of benzene rings is 2. The molecule has 0 aliphatic rings. The van der Waals surface area contributed by atoms with Gasteiger partial charge in [0.2, 0.25) is 0 Å². The molecule has 0 aliphatic carbocycles. The average Bonchev–Trinajstić information content (AvgIpc) is 2.96. The molecule has 1 aromatic heterocycles. The fourth-order valence-corrected chi connectivity index (χ4v) is 3.66. The first kappa shape index (κ1) is 17.9. The Labute approximate surface area is 158 Å². The lowest BCUT2D eigenvalue weighted by atomic mass is 10.2. The molecule has 0 amide bonds. The van der Waals surface area contributed by atoms with Crippen LogP contribution in [-0.2, 0) is 12.8 Å². The number of aromatic nitrogens is 3. The van der Waals surface area contributed by atoms with Gasteiger partial charge in [0.1, 0.15) is 11.6 Å². The summed E-state index contributed by atoms with van der Waals surface area (Å²) in [4.78, 5) is 0. The zero-order valence-corrected chi connectivity index (χ0v) is 16.2. The van der Waals surface area contributed by atoms with Crippen LogP contribution in [0.25, 0.3) is 0 Å². The van der Waals surface area contributed by atoms with Crippen LogP contribution >= 0.6 is 27.7 Å². The van der Waals surface area contributed by atoms with Gasteiger partial charge in [-0.3, -0.25) is 0 Å². The first-order chi connectivity index (χ1) is 12.0. The molecule has 0 N–H and O–H groups in total. The van der Waals surface area contributed by atoms with Crippen LogP contribution < -0.4 is 4.74 Å². The van der Waals surface area contributed by atoms with E-state index in [2.05, 4.69) is 38.3 Å². The second kappa shape index (κ2) is 8.01. The summed E-state index contributed by atoms with van der Waals surface area (Å²) in [6.07, 6.45) is -0.289. The van der Waals surface area contributed by atoms with Gasteiger partial charge < -0.3 is 9.30 Å². The first-order valence-electron chi connectivity index (χ1n) is 7.71. The van der Waals surface area contributed by atoms with E-state index in [1.165, 1.54) is 17.7 Å². The minimum Gasteiger partial charge on any atom is -0.483 e. The normalized spacial score (nSPS) is 12.2. The summed E-state index contributed by atoms with van der Waals surface area (Å²) in [6.45, 7) is 1.90. The number of hydrogen-bond acceptors (Lipinski definition) is 4. The predicted molar refractivity (Wildman–Crippen MR) is 100 cm³/mol. The van der Waals surface area contributed by atoms with Gasteiger partial charge in [0, 0.05) is 17.3 Å². The molecule has 7 heteroatoms. The Kier molecular flexibility index (Phi) is 5.75. The van der Waals surface area contributed by atoms with Crippen molar-refractivity contribution in [2.45, 2.75) is 23.9 Å². The molecule has 0 radical (unpaired) electrons. The molecule has 130 valence electrons. The molecule has 0 saturated carbocycles. The van der Waals surface area contributed by atoms with E-state index in [4.69, 9.17) is 4.74 Å². The van der Waals surface area contributed by atoms with Crippen molar-refractivity contribution in [1.82, 2.24) is 14.8 Å². The summed E-state index contributed by atoms with van der Waals surface area (Å²) in [7, 11) is 1.92. The SMILES string of the molecule is CC(Oc1ccc(F)cc1)c1nnc(SCc2cccc(Br)c2)n1C. The van der Waals surface area contributed by atoms with Crippen LogP contribution in [0, 0.1) is 5.82 Å². The molecule has 2 aromatic carbocycles. The van der Waals surface area contributed by atoms with Crippen molar-refractivity contribution in [3.63, 3.8) is 0 Å². The van der Waals surface area contributed by atoms with Gasteiger partial charge in [-0.15, -0.1) is 10.2 Å². The summed E-state index contributed by atoms with van der Waals surface area (Å²) in [5, 5.41) is 9.32. The van der Waals surface area contributed by atoms with Gasteiger partial charge in [0.05, 0.1) is 0 Å². The van der Waals surface area contributed by atoms with E-state index in [1.807, 2.05) is 30.7 Å². The minimum absolute atomic E-state index is 0.287. The topological polar surface area (TPSA) is 39.9 Å². The van der Waals surface area contributed by atoms with Crippen LogP contribution in [0.1, 0.15) is 24.4 Å². The molecule has 4 nitrogen and oxygen atoms in total. The van der Waals surface area contributed by atoms with Crippen LogP contribution in [0.15, 0.2) is 58.2 Å². The van der Waals surface area contributed by atoms with E-state index in [0.717, 1.165) is 21.2 Å². The zero-order valence-electron chi connectivity index (χ0n) is 13.8. The Morgan fingerprint density at radius 2 is 1.96 bits per heavy atom. The number of nitrogens with zero attached hydrogens (tertiary/aromatic N) is 3. The van der Waals surface area contributed by atoms with Gasteiger partial charge in [-0.25, -0.2) is 4.39 Å². The molecule has 3 aromatic rings. The van der Waals surface area contributed by atoms with Crippen molar-refractivity contribution >= 4 is 27.7 Å². The Morgan fingerprint density at radius 3 is 2.68 bits per heavy atom. The number of ether oxygens (including phenoxy) is 1. The molecule has 0 bridgehead atoms. The fraction of sp³-hybridized carbons (Fsp3) is 0.222. The van der Waals surface area contributed by atoms with Gasteiger partial charge in [0.25, 0.3) is 0 Å². The van der Waals surface area contributed by atoms with Gasteiger partial charge in [-0.05, 0) is 48.9 Å². The standard InChI is InChI=1S/C18H17BrFN3OS/c1-12(24-16-8-6-15(20)7-9-16)17-21-22-18(23(17)2)25-11-13-4-3-5-14(19)10-13/h3-10,12H,11H2,1-2H3. The molecule has 1 unspecified atom stereocenters. The summed E-state index contributed by atoms with van der Waals surface area (Å²) < 4.78 is 21.8. The van der Waals surface area contributed by atoms with Gasteiger partial charge in [0.15, 0.2) is 17.1 Å². The molecule has 0 aliphatic heterocycles. The molecule has 0 fully saturated rings. The minimum atomic E-state index is -0.289. The lowest BCUT2D eigenvalue weighted by Gasteiger charge is -2.14. The van der Waals surface area contributed by atoms with Crippen LogP contribution in [0.3, 0.4) is 0 Å². The highest BCUT2D eigenvalue weighted by Crippen LogP contribution is 2.26. The van der Waals surface area contributed by atoms with Crippen LogP contribution in [0.5, 0.6) is 5.75 Å². The zero-order chi connectivity index (χ0) is 17.8. The number of rotatable bonds is 6. The molecule has 25 heavy (non-hydrogen) atoms. The third-order valence-electron chi connectivity index (χ3n) is 3.62. The third kappa shape index (κ3) is 4.61. The first-order valence-corrected chi connectivity index (χ1v) is 9.49. The molecule has 0 saturated heterocycles. The van der Waals surface area contributed by atoms with Crippen LogP contribution in [-0.4, -0.2) is 14.8 Å². The van der Waals surface area contributed by atoms with Gasteiger partial charge in [-0.2, -0.15) is 0 Å². The molecular weight excluding hydrogens is 405 g/mol. The van der Waals surface area contributed by atoms with Crippen molar-refractivity contribution < 1.29 is 9.13 Å². The van der Waals surface area contributed by atoms with Crippen molar-refractivity contribution in [1.29, 1.82) is 0 Å². The third-order valence-corrected chi connectivity index (χ3v) is 5.20. The number of hydrogen-bond donors (Lipinski definition) is 0. The maximum atomic E-state index is 13.0. The highest BCUT2D eigenvalue weighted by molar-refractivity contribution is 9.10. The average molecular weight is 422 g/mol. The largest absolute Gasteiger partial charge is 0.483 e. The second-order valence-corrected chi connectivity index (χ2v) is 7.39. The maximum absolute atomic E-state index is 13.0. The quantitative estimate of drug-likeness (QED) is 0.516. The van der Waals surface area contributed by atoms with Gasteiger partial charge >= 0.3 is 0 Å². The van der Waals surface area contributed by atoms with Crippen LogP contribution in [0.2, 0.25) is 0 Å². The van der Waals surface area contributed by atoms with E-state index in [1.54, 1.807) is 23.9 Å². The monoisotopic (exact) mass is 421 g/mol. The molecule has 0 spiro atoms. The van der Waals surface area contributed by atoms with Crippen LogP contribution in [0.4, 0.5) is 4.39 Å². The molecule has 1 heterocycles. The number of halogens is 2. The number of thioether (sulfide) groups is 1. The highest BCUT2D eigenvalue weighted by atomic mass is 79.9. The lowest BCUT2D eigenvalue weighted by molar-refractivity contribution is 0.211. The Balaban J connectivity index is 1.66. The Bertz CT molecular complexity index is 854. The predicted octanol–water partition coefficient (Wildman–Crippen LogP) is 5.15. The Morgan fingerprint density at radius 1 is 1.20 bits per heavy atom. The van der Waals surface area contributed by atoms with Crippen molar-refractivity contribution in [2.24, 2.45) is 7.05 Å². The van der Waals surface area contributed by atoms with E-state index in [0.29, 0.717) is 5.75 Å². The summed E-state index contributed by atoms with van der Waals surface area (Å²) >= 11 is 5.10. The molecule has 3 rings (SSSR count). The fourth-order valence-electron chi connectivity index (χ4n) is 2.35. The smallest absolute Gasteiger partial charge is 0.191 e. The van der Waals surface area contributed by atoms with E-state index < -0.39 is 0 Å². The van der Waals surface area contributed by atoms with E-state index >= 15 is 0 Å². The van der Waals surface area contributed by atoms with E-state index in [-0.39, 0.29) is 11.9 Å². The Hall–Kier alpha value is -1.86. The molecular formula is C18H17BrFN3OS. The summed E-state index contributed by atoms with van der Waals surface area (Å²) in [6, 6.07) is 14.1. The second-order valence-electron chi connectivity index (χ2n) is 5.53. The van der Waals surface area contributed by atoms with Crippen molar-refractivity contribution in [3.8, 4) is 5.75 Å². The van der Waals surface area contributed by atoms with E-state index in [9.17, 15) is 4.39 Å². The lowest BCUT2D eigenvalue weighted by Crippen LogP contribution is -2.10. The van der Waals surface area contributed by atoms with Crippen molar-refractivity contribution in [3.05, 3.63) is 70.2 Å². The van der Waals surface area contributed by atoms with Gasteiger partial charge in [-0.1, -0.05) is 39.8 Å². The molecule has 1 atom stereocenters. The summed E-state index contributed by atoms with van der Waals surface area (Å²) in [5.74, 6) is 1.84. The van der Waals surface area contributed by atoms with Crippen molar-refractivity contribution in [2.75, 3.05) is 0 Å². The highest BCUT2D eigenvalue weighted by Gasteiger charge is 2.17. The summed E-state index contributed by atoms with van der Waals surface area (Å²) in [5.41, 5.74) is 1.21. The maximum Gasteiger partial charge on any atom is 0.191 e.